The number of nitrogens with one attached hydrogen (secondary N) is 1. The molecule has 2 fully saturated rings. The normalized spacial score (nSPS) is 28.6. The Morgan fingerprint density at radius 1 is 1.50 bits per heavy atom. The van der Waals surface area contributed by atoms with Crippen LogP contribution in [0.5, 0.6) is 0 Å². The van der Waals surface area contributed by atoms with Crippen molar-refractivity contribution in [3.8, 4) is 0 Å². The maximum absolute atomic E-state index is 11.7. The molecular formula is C11H20N2O. The highest BCUT2D eigenvalue weighted by Gasteiger charge is 2.33. The lowest BCUT2D eigenvalue weighted by Crippen LogP contribution is -2.48. The van der Waals surface area contributed by atoms with Gasteiger partial charge in [-0.2, -0.15) is 0 Å². The van der Waals surface area contributed by atoms with Crippen LogP contribution in [0, 0.1) is 17.8 Å². The molecule has 80 valence electrons. The number of rotatable bonds is 3. The van der Waals surface area contributed by atoms with Crippen LogP contribution in [-0.4, -0.2) is 37.0 Å². The lowest BCUT2D eigenvalue weighted by atomic mass is 9.95. The molecule has 0 aliphatic carbocycles. The van der Waals surface area contributed by atoms with Crippen molar-refractivity contribution in [3.63, 3.8) is 0 Å². The first kappa shape index (κ1) is 9.97. The van der Waals surface area contributed by atoms with Gasteiger partial charge in [0.2, 0.25) is 5.91 Å². The van der Waals surface area contributed by atoms with Gasteiger partial charge in [-0.15, -0.1) is 0 Å². The summed E-state index contributed by atoms with van der Waals surface area (Å²) in [5.41, 5.74) is 0. The Labute approximate surface area is 85.8 Å². The second-order valence-electron chi connectivity index (χ2n) is 5.03. The van der Waals surface area contributed by atoms with Gasteiger partial charge in [-0.1, -0.05) is 13.8 Å². The van der Waals surface area contributed by atoms with E-state index in [1.807, 2.05) is 0 Å². The average Bonchev–Trinajstić information content (AvgIpc) is 2.40. The predicted octanol–water partition coefficient (Wildman–Crippen LogP) is 0.710. The fraction of sp³-hybridized carbons (Fsp3) is 0.909. The molecule has 2 aliphatic heterocycles. The lowest BCUT2D eigenvalue weighted by molar-refractivity contribution is -0.128. The molecule has 1 unspecified atom stereocenters. The van der Waals surface area contributed by atoms with Gasteiger partial charge in [0.1, 0.15) is 0 Å². The molecule has 3 nitrogen and oxygen atoms in total. The minimum absolute atomic E-state index is 0.371. The van der Waals surface area contributed by atoms with Gasteiger partial charge in [-0.25, -0.2) is 0 Å². The number of nitrogens with zero attached hydrogens (tertiary/aromatic N) is 1. The molecule has 2 aliphatic rings. The summed E-state index contributed by atoms with van der Waals surface area (Å²) >= 11 is 0. The zero-order chi connectivity index (χ0) is 10.1. The monoisotopic (exact) mass is 196 g/mol. The van der Waals surface area contributed by atoms with Crippen molar-refractivity contribution in [3.05, 3.63) is 0 Å². The maximum atomic E-state index is 11.7. The Morgan fingerprint density at radius 2 is 2.21 bits per heavy atom. The third-order valence-corrected chi connectivity index (χ3v) is 3.53. The summed E-state index contributed by atoms with van der Waals surface area (Å²) in [6.07, 6.45) is 0.776. The van der Waals surface area contributed by atoms with Gasteiger partial charge in [0, 0.05) is 38.5 Å². The van der Waals surface area contributed by atoms with E-state index in [1.54, 1.807) is 0 Å². The summed E-state index contributed by atoms with van der Waals surface area (Å²) in [6.45, 7) is 8.59. The van der Waals surface area contributed by atoms with Crippen LogP contribution in [-0.2, 0) is 4.79 Å². The predicted molar refractivity (Wildman–Crippen MR) is 55.9 cm³/mol. The summed E-state index contributed by atoms with van der Waals surface area (Å²) in [7, 11) is 0. The fourth-order valence-corrected chi connectivity index (χ4v) is 2.21. The second kappa shape index (κ2) is 3.89. The summed E-state index contributed by atoms with van der Waals surface area (Å²) in [4.78, 5) is 13.7. The summed E-state index contributed by atoms with van der Waals surface area (Å²) in [6, 6.07) is 0. The quantitative estimate of drug-likeness (QED) is 0.721. The zero-order valence-electron chi connectivity index (χ0n) is 9.12. The number of carbonyl (C=O) groups excluding carboxylic acids is 1. The van der Waals surface area contributed by atoms with Crippen molar-refractivity contribution in [1.82, 2.24) is 10.2 Å². The van der Waals surface area contributed by atoms with E-state index in [9.17, 15) is 4.79 Å². The molecule has 1 N–H and O–H groups in total. The van der Waals surface area contributed by atoms with Crippen LogP contribution in [0.1, 0.15) is 20.3 Å². The van der Waals surface area contributed by atoms with Crippen LogP contribution in [0.4, 0.5) is 0 Å². The van der Waals surface area contributed by atoms with Crippen molar-refractivity contribution in [2.75, 3.05) is 26.2 Å². The van der Waals surface area contributed by atoms with E-state index in [4.69, 9.17) is 0 Å². The summed E-state index contributed by atoms with van der Waals surface area (Å²) < 4.78 is 0. The molecule has 1 atom stereocenters. The van der Waals surface area contributed by atoms with Gasteiger partial charge in [0.05, 0.1) is 0 Å². The largest absolute Gasteiger partial charge is 0.342 e. The summed E-state index contributed by atoms with van der Waals surface area (Å²) in [5, 5.41) is 3.25. The average molecular weight is 196 g/mol. The molecule has 0 aromatic heterocycles. The fourth-order valence-electron chi connectivity index (χ4n) is 2.21. The molecule has 3 heteroatoms. The van der Waals surface area contributed by atoms with Gasteiger partial charge < -0.3 is 10.2 Å². The van der Waals surface area contributed by atoms with Crippen LogP contribution in [0.3, 0.4) is 0 Å². The third kappa shape index (κ3) is 1.92. The SMILES string of the molecule is CC(C)C1CC(=O)N(CC2CNC2)C1. The minimum atomic E-state index is 0.371. The van der Waals surface area contributed by atoms with Crippen LogP contribution in [0.25, 0.3) is 0 Å². The lowest BCUT2D eigenvalue weighted by Gasteiger charge is -2.31. The van der Waals surface area contributed by atoms with Gasteiger partial charge in [0.15, 0.2) is 0 Å². The van der Waals surface area contributed by atoms with E-state index in [-0.39, 0.29) is 0 Å². The topological polar surface area (TPSA) is 32.3 Å². The van der Waals surface area contributed by atoms with E-state index in [2.05, 4.69) is 24.1 Å². The molecule has 2 heterocycles. The molecule has 1 amide bonds. The molecule has 2 saturated heterocycles. The first-order valence-corrected chi connectivity index (χ1v) is 5.65. The molecule has 0 aromatic rings. The Balaban J connectivity index is 1.84. The molecule has 14 heavy (non-hydrogen) atoms. The molecule has 0 spiro atoms. The summed E-state index contributed by atoms with van der Waals surface area (Å²) in [5.74, 6) is 2.32. The second-order valence-corrected chi connectivity index (χ2v) is 5.03. The van der Waals surface area contributed by atoms with Crippen LogP contribution in [0.2, 0.25) is 0 Å². The Bertz CT molecular complexity index is 223. The Hall–Kier alpha value is -0.570. The number of hydrogen-bond donors (Lipinski definition) is 1. The number of hydrogen-bond acceptors (Lipinski definition) is 2. The van der Waals surface area contributed by atoms with E-state index in [0.29, 0.717) is 23.7 Å². The number of carbonyl (C=O) groups is 1. The highest BCUT2D eigenvalue weighted by molar-refractivity contribution is 5.78. The van der Waals surface area contributed by atoms with Crippen molar-refractivity contribution in [2.45, 2.75) is 20.3 Å². The van der Waals surface area contributed by atoms with Crippen molar-refractivity contribution >= 4 is 5.91 Å². The van der Waals surface area contributed by atoms with Crippen LogP contribution in [0.15, 0.2) is 0 Å². The van der Waals surface area contributed by atoms with E-state index < -0.39 is 0 Å². The smallest absolute Gasteiger partial charge is 0.222 e. The standard InChI is InChI=1S/C11H20N2O/c1-8(2)10-3-11(14)13(7-10)6-9-4-12-5-9/h8-10,12H,3-7H2,1-2H3. The molecule has 0 saturated carbocycles. The molecule has 0 radical (unpaired) electrons. The Kier molecular flexibility index (Phi) is 2.77. The highest BCUT2D eigenvalue weighted by Crippen LogP contribution is 2.25. The van der Waals surface area contributed by atoms with Crippen LogP contribution >= 0.6 is 0 Å². The van der Waals surface area contributed by atoms with E-state index in [1.165, 1.54) is 0 Å². The van der Waals surface area contributed by atoms with Gasteiger partial charge in [-0.3, -0.25) is 4.79 Å². The van der Waals surface area contributed by atoms with Gasteiger partial charge >= 0.3 is 0 Å². The molecular weight excluding hydrogens is 176 g/mol. The van der Waals surface area contributed by atoms with Crippen molar-refractivity contribution in [1.29, 1.82) is 0 Å². The first-order valence-electron chi connectivity index (χ1n) is 5.65. The minimum Gasteiger partial charge on any atom is -0.342 e. The van der Waals surface area contributed by atoms with Gasteiger partial charge in [0.25, 0.3) is 0 Å². The van der Waals surface area contributed by atoms with Crippen molar-refractivity contribution < 1.29 is 4.79 Å². The van der Waals surface area contributed by atoms with E-state index >= 15 is 0 Å². The maximum Gasteiger partial charge on any atom is 0.222 e. The zero-order valence-corrected chi connectivity index (χ0v) is 9.12. The van der Waals surface area contributed by atoms with Crippen LogP contribution < -0.4 is 5.32 Å². The van der Waals surface area contributed by atoms with E-state index in [0.717, 1.165) is 32.6 Å². The molecule has 0 bridgehead atoms. The molecule has 2 rings (SSSR count). The van der Waals surface area contributed by atoms with Crippen molar-refractivity contribution in [2.24, 2.45) is 17.8 Å². The first-order chi connectivity index (χ1) is 6.66. The highest BCUT2D eigenvalue weighted by atomic mass is 16.2. The number of amides is 1. The van der Waals surface area contributed by atoms with Gasteiger partial charge in [-0.05, 0) is 11.8 Å². The molecule has 0 aromatic carbocycles. The Morgan fingerprint density at radius 3 is 2.64 bits per heavy atom. The number of likely N-dealkylation sites (tertiary alicyclic amines) is 1. The third-order valence-electron chi connectivity index (χ3n) is 3.53.